The van der Waals surface area contributed by atoms with E-state index >= 15 is 0 Å². The summed E-state index contributed by atoms with van der Waals surface area (Å²) in [6.07, 6.45) is 1.34. The molecule has 0 aliphatic carbocycles. The number of benzene rings is 1. The molecule has 0 fully saturated rings. The first-order chi connectivity index (χ1) is 14.1. The summed E-state index contributed by atoms with van der Waals surface area (Å²) in [7, 11) is 0. The van der Waals surface area contributed by atoms with Crippen molar-refractivity contribution in [1.82, 2.24) is 23.9 Å². The van der Waals surface area contributed by atoms with Crippen LogP contribution in [0.15, 0.2) is 43.6 Å². The Bertz CT molecular complexity index is 1400. The standard InChI is InChI=1S/C18H14Cl2N6O4/c1-9(2)25-15(27)3-4-24(18(25)30)8-11-12(19)5-10(6-13(11)20)26-17(29)22-16(28)14(7-21)23-26/h3-6,9H,8H2,1-2H3,(H,22,28,29). The van der Waals surface area contributed by atoms with Crippen LogP contribution in [-0.4, -0.2) is 23.9 Å². The van der Waals surface area contributed by atoms with Crippen molar-refractivity contribution in [3.63, 3.8) is 0 Å². The molecule has 1 aromatic carbocycles. The highest BCUT2D eigenvalue weighted by Gasteiger charge is 2.15. The molecule has 0 saturated heterocycles. The zero-order valence-corrected chi connectivity index (χ0v) is 17.2. The van der Waals surface area contributed by atoms with E-state index in [4.69, 9.17) is 28.5 Å². The van der Waals surface area contributed by atoms with E-state index in [0.717, 1.165) is 9.25 Å². The molecule has 0 bridgehead atoms. The van der Waals surface area contributed by atoms with Crippen LogP contribution in [0.1, 0.15) is 31.1 Å². The van der Waals surface area contributed by atoms with Gasteiger partial charge in [0.15, 0.2) is 0 Å². The Kier molecular flexibility index (Phi) is 5.78. The molecule has 3 aromatic rings. The molecule has 12 heteroatoms. The van der Waals surface area contributed by atoms with Gasteiger partial charge in [0, 0.05) is 33.9 Å². The lowest BCUT2D eigenvalue weighted by Crippen LogP contribution is -2.40. The molecule has 0 unspecified atom stereocenters. The van der Waals surface area contributed by atoms with Gasteiger partial charge in [0.1, 0.15) is 6.07 Å². The summed E-state index contributed by atoms with van der Waals surface area (Å²) >= 11 is 12.7. The third kappa shape index (κ3) is 3.85. The van der Waals surface area contributed by atoms with Gasteiger partial charge in [0.05, 0.1) is 12.2 Å². The summed E-state index contributed by atoms with van der Waals surface area (Å²) in [5.41, 5.74) is -2.75. The monoisotopic (exact) mass is 448 g/mol. The number of nitrogens with zero attached hydrogens (tertiary/aromatic N) is 5. The summed E-state index contributed by atoms with van der Waals surface area (Å²) in [4.78, 5) is 50.1. The molecule has 0 saturated carbocycles. The van der Waals surface area contributed by atoms with Crippen molar-refractivity contribution in [2.45, 2.75) is 26.4 Å². The maximum atomic E-state index is 12.6. The lowest BCUT2D eigenvalue weighted by molar-refractivity contribution is 0.512. The van der Waals surface area contributed by atoms with Crippen LogP contribution < -0.4 is 22.5 Å². The van der Waals surface area contributed by atoms with Gasteiger partial charge >= 0.3 is 11.4 Å². The van der Waals surface area contributed by atoms with Crippen LogP contribution >= 0.6 is 23.2 Å². The molecule has 154 valence electrons. The molecule has 3 rings (SSSR count). The van der Waals surface area contributed by atoms with Crippen molar-refractivity contribution in [3.8, 4) is 11.8 Å². The Balaban J connectivity index is 2.10. The second-order valence-electron chi connectivity index (χ2n) is 6.55. The second kappa shape index (κ2) is 8.14. The minimum absolute atomic E-state index is 0.0266. The van der Waals surface area contributed by atoms with Crippen LogP contribution in [0.5, 0.6) is 0 Å². The van der Waals surface area contributed by atoms with Gasteiger partial charge in [-0.15, -0.1) is 5.10 Å². The van der Waals surface area contributed by atoms with Crippen molar-refractivity contribution in [2.75, 3.05) is 0 Å². The number of aromatic nitrogens is 5. The van der Waals surface area contributed by atoms with Gasteiger partial charge in [-0.05, 0) is 26.0 Å². The predicted molar refractivity (Wildman–Crippen MR) is 110 cm³/mol. The number of nitriles is 1. The van der Waals surface area contributed by atoms with Crippen LogP contribution in [0.3, 0.4) is 0 Å². The van der Waals surface area contributed by atoms with Gasteiger partial charge in [-0.25, -0.2) is 9.59 Å². The molecule has 1 N–H and O–H groups in total. The zero-order chi connectivity index (χ0) is 22.2. The number of nitrogens with one attached hydrogen (secondary N) is 1. The molecule has 2 aromatic heterocycles. The number of H-pyrrole nitrogens is 1. The van der Waals surface area contributed by atoms with E-state index in [0.29, 0.717) is 5.56 Å². The van der Waals surface area contributed by atoms with Crippen molar-refractivity contribution in [3.05, 3.63) is 87.4 Å². The van der Waals surface area contributed by atoms with Gasteiger partial charge < -0.3 is 0 Å². The number of halogens is 2. The Labute approximate surface area is 178 Å². The molecular formula is C18H14Cl2N6O4. The Morgan fingerprint density at radius 1 is 1.17 bits per heavy atom. The fourth-order valence-corrected chi connectivity index (χ4v) is 3.40. The van der Waals surface area contributed by atoms with Crippen LogP contribution in [-0.2, 0) is 6.54 Å². The third-order valence-electron chi connectivity index (χ3n) is 4.24. The molecule has 0 spiro atoms. The van der Waals surface area contributed by atoms with Crippen LogP contribution in [0.25, 0.3) is 5.69 Å². The largest absolute Gasteiger partial charge is 0.349 e. The lowest BCUT2D eigenvalue weighted by Gasteiger charge is -2.15. The smallest absolute Gasteiger partial charge is 0.296 e. The Morgan fingerprint density at radius 3 is 2.37 bits per heavy atom. The zero-order valence-electron chi connectivity index (χ0n) is 15.7. The van der Waals surface area contributed by atoms with Crippen molar-refractivity contribution in [2.24, 2.45) is 0 Å². The number of hydrogen-bond acceptors (Lipinski definition) is 6. The van der Waals surface area contributed by atoms with E-state index in [1.807, 2.05) is 4.98 Å². The fourth-order valence-electron chi connectivity index (χ4n) is 2.81. The van der Waals surface area contributed by atoms with Crippen molar-refractivity contribution < 1.29 is 0 Å². The van der Waals surface area contributed by atoms with Crippen LogP contribution in [0.2, 0.25) is 10.0 Å². The van der Waals surface area contributed by atoms with Gasteiger partial charge in [-0.2, -0.15) is 9.94 Å². The molecule has 0 aliphatic rings. The molecule has 2 heterocycles. The van der Waals surface area contributed by atoms with Gasteiger partial charge in [-0.1, -0.05) is 23.2 Å². The first kappa shape index (κ1) is 21.3. The molecule has 0 radical (unpaired) electrons. The summed E-state index contributed by atoms with van der Waals surface area (Å²) in [5.74, 6) is 0. The van der Waals surface area contributed by atoms with E-state index in [2.05, 4.69) is 5.10 Å². The summed E-state index contributed by atoms with van der Waals surface area (Å²) in [5, 5.41) is 12.9. The SMILES string of the molecule is CC(C)n1c(=O)ccn(Cc2c(Cl)cc(-n3nc(C#N)c(=O)[nH]c3=O)cc2Cl)c1=O. The average Bonchev–Trinajstić information content (AvgIpc) is 2.66. The summed E-state index contributed by atoms with van der Waals surface area (Å²) in [6, 6.07) is 5.24. The predicted octanol–water partition coefficient (Wildman–Crippen LogP) is 1.05. The lowest BCUT2D eigenvalue weighted by atomic mass is 10.2. The quantitative estimate of drug-likeness (QED) is 0.633. The van der Waals surface area contributed by atoms with Crippen molar-refractivity contribution in [1.29, 1.82) is 5.26 Å². The highest BCUT2D eigenvalue weighted by molar-refractivity contribution is 6.36. The second-order valence-corrected chi connectivity index (χ2v) is 7.36. The van der Waals surface area contributed by atoms with Crippen molar-refractivity contribution >= 4 is 23.2 Å². The molecule has 30 heavy (non-hydrogen) atoms. The summed E-state index contributed by atoms with van der Waals surface area (Å²) in [6.45, 7) is 3.40. The molecule has 10 nitrogen and oxygen atoms in total. The van der Waals surface area contributed by atoms with E-state index in [1.54, 1.807) is 19.9 Å². The van der Waals surface area contributed by atoms with E-state index in [1.165, 1.54) is 29.0 Å². The first-order valence-corrected chi connectivity index (χ1v) is 9.33. The van der Waals surface area contributed by atoms with E-state index in [9.17, 15) is 19.2 Å². The molecular weight excluding hydrogens is 435 g/mol. The Morgan fingerprint density at radius 2 is 1.80 bits per heavy atom. The van der Waals surface area contributed by atoms with Gasteiger partial charge in [0.25, 0.3) is 11.1 Å². The normalized spacial score (nSPS) is 10.9. The molecule has 0 aliphatic heterocycles. The van der Waals surface area contributed by atoms with Crippen LogP contribution in [0, 0.1) is 11.3 Å². The fraction of sp³-hybridized carbons (Fsp3) is 0.222. The maximum absolute atomic E-state index is 12.6. The maximum Gasteiger partial charge on any atom is 0.349 e. The minimum atomic E-state index is -0.910. The third-order valence-corrected chi connectivity index (χ3v) is 4.91. The van der Waals surface area contributed by atoms with E-state index in [-0.39, 0.29) is 28.3 Å². The highest BCUT2D eigenvalue weighted by Crippen LogP contribution is 2.28. The molecule has 0 atom stereocenters. The van der Waals surface area contributed by atoms with E-state index < -0.39 is 28.2 Å². The highest BCUT2D eigenvalue weighted by atomic mass is 35.5. The van der Waals surface area contributed by atoms with Crippen LogP contribution in [0.4, 0.5) is 0 Å². The topological polar surface area (TPSA) is 136 Å². The number of hydrogen-bond donors (Lipinski definition) is 1. The molecule has 0 amide bonds. The minimum Gasteiger partial charge on any atom is -0.296 e. The summed E-state index contributed by atoms with van der Waals surface area (Å²) < 4.78 is 3.17. The van der Waals surface area contributed by atoms with Gasteiger partial charge in [0.2, 0.25) is 5.69 Å². The Hall–Kier alpha value is -3.42. The number of aromatic amines is 1. The average molecular weight is 449 g/mol. The first-order valence-electron chi connectivity index (χ1n) is 8.58. The van der Waals surface area contributed by atoms with Gasteiger partial charge in [-0.3, -0.25) is 23.7 Å². The number of rotatable bonds is 4.